The summed E-state index contributed by atoms with van der Waals surface area (Å²) in [6, 6.07) is 10.3. The molecule has 2 aliphatic carbocycles. The zero-order valence-electron chi connectivity index (χ0n) is 18.3. The molecule has 4 N–H and O–H groups in total. The molecule has 1 amide bonds. The lowest BCUT2D eigenvalue weighted by atomic mass is 9.92. The molecule has 0 radical (unpaired) electrons. The van der Waals surface area contributed by atoms with Crippen LogP contribution in [0.2, 0.25) is 0 Å². The van der Waals surface area contributed by atoms with Crippen LogP contribution in [0.3, 0.4) is 0 Å². The first kappa shape index (κ1) is 21.3. The highest BCUT2D eigenvalue weighted by Gasteiger charge is 2.60. The van der Waals surface area contributed by atoms with E-state index in [1.165, 1.54) is 12.0 Å². The Labute approximate surface area is 188 Å². The second-order valence-electron chi connectivity index (χ2n) is 9.69. The quantitative estimate of drug-likeness (QED) is 0.645. The van der Waals surface area contributed by atoms with Crippen molar-refractivity contribution in [3.05, 3.63) is 47.7 Å². The number of halogens is 1. The summed E-state index contributed by atoms with van der Waals surface area (Å²) >= 11 is 0. The van der Waals surface area contributed by atoms with Gasteiger partial charge in [-0.3, -0.25) is 9.69 Å². The minimum atomic E-state index is -0.287. The number of nitrogens with zero attached hydrogens (tertiary/aromatic N) is 2. The number of aromatic nitrogens is 1. The summed E-state index contributed by atoms with van der Waals surface area (Å²) in [4.78, 5) is 19.3. The van der Waals surface area contributed by atoms with Crippen molar-refractivity contribution in [2.75, 3.05) is 32.0 Å². The minimum absolute atomic E-state index is 0.0577. The number of pyridine rings is 1. The second-order valence-corrected chi connectivity index (χ2v) is 9.69. The second kappa shape index (κ2) is 8.45. The summed E-state index contributed by atoms with van der Waals surface area (Å²) in [6.07, 6.45) is 5.58. The van der Waals surface area contributed by atoms with E-state index in [0.717, 1.165) is 37.1 Å². The van der Waals surface area contributed by atoms with Gasteiger partial charge in [0.2, 0.25) is 0 Å². The molecule has 2 heterocycles. The largest absolute Gasteiger partial charge is 0.393 e. The Kier molecular flexibility index (Phi) is 5.63. The normalized spacial score (nSPS) is 29.5. The fourth-order valence-electron chi connectivity index (χ4n) is 5.62. The molecule has 3 aliphatic rings. The monoisotopic (exact) mass is 438 g/mol. The van der Waals surface area contributed by atoms with Crippen LogP contribution < -0.4 is 11.1 Å². The first-order chi connectivity index (χ1) is 15.5. The lowest BCUT2D eigenvalue weighted by molar-refractivity contribution is 0.0868. The van der Waals surface area contributed by atoms with E-state index in [4.69, 9.17) is 5.73 Å². The van der Waals surface area contributed by atoms with E-state index < -0.39 is 0 Å². The smallest absolute Gasteiger partial charge is 0.255 e. The number of carbonyl (C=O) groups is 1. The Morgan fingerprint density at radius 2 is 1.97 bits per heavy atom. The summed E-state index contributed by atoms with van der Waals surface area (Å²) in [7, 11) is 0. The molecule has 6 nitrogen and oxygen atoms in total. The fraction of sp³-hybridized carbons (Fsp3) is 0.520. The van der Waals surface area contributed by atoms with E-state index in [-0.39, 0.29) is 36.0 Å². The van der Waals surface area contributed by atoms with Gasteiger partial charge in [0.25, 0.3) is 5.91 Å². The number of nitrogens with one attached hydrogen (secondary N) is 1. The Morgan fingerprint density at radius 1 is 1.22 bits per heavy atom. The van der Waals surface area contributed by atoms with Gasteiger partial charge in [0.1, 0.15) is 12.5 Å². The molecular weight excluding hydrogens is 407 g/mol. The molecule has 1 aromatic carbocycles. The van der Waals surface area contributed by atoms with E-state index in [0.29, 0.717) is 30.9 Å². The van der Waals surface area contributed by atoms with E-state index in [2.05, 4.69) is 39.5 Å². The molecule has 2 atom stereocenters. The van der Waals surface area contributed by atoms with Crippen LogP contribution in [0.4, 0.5) is 10.2 Å². The highest BCUT2D eigenvalue weighted by molar-refractivity contribution is 5.99. The molecule has 1 saturated heterocycles. The van der Waals surface area contributed by atoms with Crippen LogP contribution in [-0.2, 0) is 5.41 Å². The Balaban J connectivity index is 1.30. The SMILES string of the molecule is Nc1ncc(-c2ccc(C34CC3CN(CCF)C4)cc2)cc1C(=O)NC1CCC(O)CC1. The Bertz CT molecular complexity index is 990. The van der Waals surface area contributed by atoms with E-state index in [9.17, 15) is 14.3 Å². The van der Waals surface area contributed by atoms with Crippen molar-refractivity contribution in [1.82, 2.24) is 15.2 Å². The van der Waals surface area contributed by atoms with Gasteiger partial charge in [0.05, 0.1) is 11.7 Å². The predicted molar refractivity (Wildman–Crippen MR) is 122 cm³/mol. The maximum atomic E-state index is 12.8. The number of hydrogen-bond acceptors (Lipinski definition) is 5. The summed E-state index contributed by atoms with van der Waals surface area (Å²) in [5.41, 5.74) is 9.75. The number of carbonyl (C=O) groups excluding carboxylic acids is 1. The summed E-state index contributed by atoms with van der Waals surface area (Å²) in [5, 5.41) is 12.7. The fourth-order valence-corrected chi connectivity index (χ4v) is 5.62. The number of alkyl halides is 1. The molecular formula is C25H31FN4O2. The number of nitrogens with two attached hydrogens (primary N) is 1. The van der Waals surface area contributed by atoms with Gasteiger partial charge >= 0.3 is 0 Å². The molecule has 0 bridgehead atoms. The molecule has 3 fully saturated rings. The topological polar surface area (TPSA) is 91.5 Å². The zero-order chi connectivity index (χ0) is 22.3. The summed E-state index contributed by atoms with van der Waals surface area (Å²) in [5.74, 6) is 0.639. The van der Waals surface area contributed by atoms with Crippen LogP contribution in [0.1, 0.15) is 48.0 Å². The highest BCUT2D eigenvalue weighted by Crippen LogP contribution is 2.59. The van der Waals surface area contributed by atoms with Crippen molar-refractivity contribution in [1.29, 1.82) is 0 Å². The van der Waals surface area contributed by atoms with Crippen LogP contribution in [-0.4, -0.2) is 59.4 Å². The first-order valence-electron chi connectivity index (χ1n) is 11.6. The van der Waals surface area contributed by atoms with Gasteiger partial charge in [0.15, 0.2) is 0 Å². The number of fused-ring (bicyclic) bond motifs is 1. The predicted octanol–water partition coefficient (Wildman–Crippen LogP) is 2.91. The third kappa shape index (κ3) is 3.99. The summed E-state index contributed by atoms with van der Waals surface area (Å²) < 4.78 is 12.7. The number of aliphatic hydroxyl groups is 1. The van der Waals surface area contributed by atoms with Gasteiger partial charge in [-0.05, 0) is 55.2 Å². The number of anilines is 1. The van der Waals surface area contributed by atoms with Crippen LogP contribution in [0.25, 0.3) is 11.1 Å². The third-order valence-electron chi connectivity index (χ3n) is 7.61. The molecule has 2 saturated carbocycles. The molecule has 170 valence electrons. The minimum Gasteiger partial charge on any atom is -0.393 e. The van der Waals surface area contributed by atoms with Crippen molar-refractivity contribution in [3.63, 3.8) is 0 Å². The van der Waals surface area contributed by atoms with E-state index in [1.807, 2.05) is 0 Å². The average Bonchev–Trinajstić information content (AvgIpc) is 3.37. The van der Waals surface area contributed by atoms with Gasteiger partial charge in [0, 0.05) is 42.9 Å². The van der Waals surface area contributed by atoms with Gasteiger partial charge in [-0.25, -0.2) is 9.37 Å². The number of likely N-dealkylation sites (tertiary alicyclic amines) is 1. The number of piperidine rings is 1. The van der Waals surface area contributed by atoms with Crippen molar-refractivity contribution in [2.45, 2.75) is 49.7 Å². The van der Waals surface area contributed by atoms with E-state index >= 15 is 0 Å². The highest BCUT2D eigenvalue weighted by atomic mass is 19.1. The molecule has 5 rings (SSSR count). The van der Waals surface area contributed by atoms with Crippen molar-refractivity contribution < 1.29 is 14.3 Å². The molecule has 2 unspecified atom stereocenters. The van der Waals surface area contributed by atoms with Crippen LogP contribution in [0, 0.1) is 5.92 Å². The van der Waals surface area contributed by atoms with Crippen molar-refractivity contribution in [3.8, 4) is 11.1 Å². The first-order valence-corrected chi connectivity index (χ1v) is 11.6. The van der Waals surface area contributed by atoms with Crippen LogP contribution in [0.5, 0.6) is 0 Å². The zero-order valence-corrected chi connectivity index (χ0v) is 18.3. The number of aliphatic hydroxyl groups excluding tert-OH is 1. The number of amides is 1. The van der Waals surface area contributed by atoms with Crippen LogP contribution in [0.15, 0.2) is 36.5 Å². The number of benzene rings is 1. The number of hydrogen-bond donors (Lipinski definition) is 3. The van der Waals surface area contributed by atoms with Gasteiger partial charge in [-0.1, -0.05) is 24.3 Å². The molecule has 32 heavy (non-hydrogen) atoms. The lowest BCUT2D eigenvalue weighted by Gasteiger charge is -2.26. The van der Waals surface area contributed by atoms with Gasteiger partial charge in [-0.2, -0.15) is 0 Å². The molecule has 1 aromatic heterocycles. The van der Waals surface area contributed by atoms with Gasteiger partial charge < -0.3 is 16.2 Å². The maximum Gasteiger partial charge on any atom is 0.255 e. The number of nitrogen functional groups attached to an aromatic ring is 1. The Morgan fingerprint density at radius 3 is 2.69 bits per heavy atom. The lowest BCUT2D eigenvalue weighted by Crippen LogP contribution is -2.38. The summed E-state index contributed by atoms with van der Waals surface area (Å²) in [6.45, 7) is 2.17. The maximum absolute atomic E-state index is 12.8. The molecule has 1 aliphatic heterocycles. The molecule has 0 spiro atoms. The van der Waals surface area contributed by atoms with E-state index in [1.54, 1.807) is 12.3 Å². The van der Waals surface area contributed by atoms with Gasteiger partial charge in [-0.15, -0.1) is 0 Å². The molecule has 2 aromatic rings. The number of rotatable bonds is 6. The third-order valence-corrected chi connectivity index (χ3v) is 7.61. The molecule has 7 heteroatoms. The van der Waals surface area contributed by atoms with Crippen molar-refractivity contribution >= 4 is 11.7 Å². The van der Waals surface area contributed by atoms with Crippen molar-refractivity contribution in [2.24, 2.45) is 5.92 Å². The standard InChI is InChI=1S/C25H31FN4O2/c26-9-10-30-14-19-12-25(19,15-30)18-3-1-16(2-4-18)17-11-22(23(27)28-13-17)24(32)29-20-5-7-21(31)8-6-20/h1-4,11,13,19-21,31H,5-10,12,14-15H2,(H2,27,28)(H,29,32). The average molecular weight is 439 g/mol. The Hall–Kier alpha value is -2.51. The van der Waals surface area contributed by atoms with Crippen LogP contribution >= 0.6 is 0 Å².